The summed E-state index contributed by atoms with van der Waals surface area (Å²) < 4.78 is 0. The molecule has 1 aromatic carbocycles. The van der Waals surface area contributed by atoms with Gasteiger partial charge in [-0.25, -0.2) is 4.98 Å². The van der Waals surface area contributed by atoms with Crippen LogP contribution in [0.5, 0.6) is 0 Å². The first-order valence-corrected chi connectivity index (χ1v) is 9.50. The number of nitrogens with one attached hydrogen (secondary N) is 1. The van der Waals surface area contributed by atoms with E-state index in [2.05, 4.69) is 29.1 Å². The van der Waals surface area contributed by atoms with E-state index in [4.69, 9.17) is 0 Å². The van der Waals surface area contributed by atoms with Crippen LogP contribution in [-0.4, -0.2) is 15.9 Å². The number of amides is 1. The van der Waals surface area contributed by atoms with E-state index in [0.717, 1.165) is 22.0 Å². The summed E-state index contributed by atoms with van der Waals surface area (Å²) in [6.07, 6.45) is 5.24. The van der Waals surface area contributed by atoms with Crippen LogP contribution in [0.3, 0.4) is 0 Å². The zero-order valence-electron chi connectivity index (χ0n) is 14.8. The molecule has 0 atom stereocenters. The molecule has 0 aliphatic heterocycles. The normalized spacial score (nSPS) is 10.7. The Hall–Kier alpha value is -2.66. The zero-order chi connectivity index (χ0) is 18.4. The fourth-order valence-electron chi connectivity index (χ4n) is 2.46. The third-order valence-corrected chi connectivity index (χ3v) is 5.05. The quantitative estimate of drug-likeness (QED) is 0.616. The summed E-state index contributed by atoms with van der Waals surface area (Å²) in [5.41, 5.74) is 3.76. The summed E-state index contributed by atoms with van der Waals surface area (Å²) in [5, 5.41) is 3.68. The fourth-order valence-corrected chi connectivity index (χ4v) is 3.41. The summed E-state index contributed by atoms with van der Waals surface area (Å²) in [7, 11) is 0. The summed E-state index contributed by atoms with van der Waals surface area (Å²) in [6.45, 7) is 4.30. The van der Waals surface area contributed by atoms with E-state index in [1.807, 2.05) is 36.4 Å². The first-order valence-electron chi connectivity index (χ1n) is 8.51. The molecule has 0 bridgehead atoms. The summed E-state index contributed by atoms with van der Waals surface area (Å²) >= 11 is 1.55. The number of hydrogen-bond acceptors (Lipinski definition) is 4. The Balaban J connectivity index is 1.71. The number of thioether (sulfide) groups is 1. The molecule has 1 amide bonds. The lowest BCUT2D eigenvalue weighted by Gasteiger charge is -2.10. The van der Waals surface area contributed by atoms with Crippen molar-refractivity contribution in [2.45, 2.75) is 30.5 Å². The second-order valence-electron chi connectivity index (χ2n) is 6.23. The van der Waals surface area contributed by atoms with Crippen molar-refractivity contribution in [2.75, 3.05) is 5.32 Å². The number of benzene rings is 1. The van der Waals surface area contributed by atoms with Crippen LogP contribution >= 0.6 is 11.8 Å². The fraction of sp³-hybridized carbons (Fsp3) is 0.190. The molecular formula is C21H21N3OS. The summed E-state index contributed by atoms with van der Waals surface area (Å²) in [4.78, 5) is 21.1. The predicted octanol–water partition coefficient (Wildman–Crippen LogP) is 5.14. The molecule has 3 aromatic rings. The number of aromatic nitrogens is 2. The van der Waals surface area contributed by atoms with Crippen LogP contribution < -0.4 is 5.32 Å². The highest BCUT2D eigenvalue weighted by atomic mass is 32.2. The lowest BCUT2D eigenvalue weighted by Crippen LogP contribution is -2.13. The molecule has 0 saturated heterocycles. The molecule has 3 rings (SSSR count). The lowest BCUT2D eigenvalue weighted by molar-refractivity contribution is 0.102. The molecule has 0 aliphatic rings. The Kier molecular flexibility index (Phi) is 6.02. The van der Waals surface area contributed by atoms with Gasteiger partial charge in [0.05, 0.1) is 5.56 Å². The maximum absolute atomic E-state index is 12.7. The summed E-state index contributed by atoms with van der Waals surface area (Å²) in [5.74, 6) is 1.06. The van der Waals surface area contributed by atoms with Crippen molar-refractivity contribution in [3.05, 3.63) is 83.8 Å². The lowest BCUT2D eigenvalue weighted by atomic mass is 10.0. The number of nitrogens with zero attached hydrogens (tertiary/aromatic N) is 2. The van der Waals surface area contributed by atoms with Gasteiger partial charge in [-0.15, -0.1) is 11.8 Å². The number of anilines is 1. The SMILES string of the molecule is CC(C)c1ccc(NC(=O)c2cccnc2SCc2ccncc2)cc1. The molecular weight excluding hydrogens is 342 g/mol. The van der Waals surface area contributed by atoms with Crippen molar-refractivity contribution in [3.63, 3.8) is 0 Å². The van der Waals surface area contributed by atoms with Gasteiger partial charge >= 0.3 is 0 Å². The van der Waals surface area contributed by atoms with Gasteiger partial charge in [-0.2, -0.15) is 0 Å². The van der Waals surface area contributed by atoms with Crippen LogP contribution in [-0.2, 0) is 5.75 Å². The maximum atomic E-state index is 12.7. The molecule has 2 aromatic heterocycles. The van der Waals surface area contributed by atoms with Gasteiger partial charge in [0.15, 0.2) is 0 Å². The second-order valence-corrected chi connectivity index (χ2v) is 7.20. The van der Waals surface area contributed by atoms with Crippen LogP contribution in [0.2, 0.25) is 0 Å². The van der Waals surface area contributed by atoms with Gasteiger partial charge in [-0.3, -0.25) is 9.78 Å². The smallest absolute Gasteiger partial charge is 0.258 e. The predicted molar refractivity (Wildman–Crippen MR) is 107 cm³/mol. The Bertz CT molecular complexity index is 864. The third kappa shape index (κ3) is 4.70. The van der Waals surface area contributed by atoms with E-state index in [-0.39, 0.29) is 5.91 Å². The molecule has 0 radical (unpaired) electrons. The molecule has 0 spiro atoms. The Morgan fingerprint density at radius 3 is 2.46 bits per heavy atom. The first kappa shape index (κ1) is 18.1. The highest BCUT2D eigenvalue weighted by Crippen LogP contribution is 2.25. The van der Waals surface area contributed by atoms with Crippen molar-refractivity contribution < 1.29 is 4.79 Å². The highest BCUT2D eigenvalue weighted by Gasteiger charge is 2.13. The molecule has 0 unspecified atom stereocenters. The van der Waals surface area contributed by atoms with E-state index in [1.54, 1.807) is 42.5 Å². The molecule has 0 aliphatic carbocycles. The molecule has 2 heterocycles. The Labute approximate surface area is 158 Å². The highest BCUT2D eigenvalue weighted by molar-refractivity contribution is 7.98. The van der Waals surface area contributed by atoms with Crippen LogP contribution in [0.15, 0.2) is 72.1 Å². The Morgan fingerprint density at radius 2 is 1.77 bits per heavy atom. The van der Waals surface area contributed by atoms with Crippen molar-refractivity contribution in [1.29, 1.82) is 0 Å². The average molecular weight is 363 g/mol. The average Bonchev–Trinajstić information content (AvgIpc) is 2.68. The van der Waals surface area contributed by atoms with E-state index in [0.29, 0.717) is 11.5 Å². The number of pyridine rings is 2. The van der Waals surface area contributed by atoms with Crippen molar-refractivity contribution in [2.24, 2.45) is 0 Å². The molecule has 132 valence electrons. The van der Waals surface area contributed by atoms with Gasteiger partial charge < -0.3 is 5.32 Å². The Morgan fingerprint density at radius 1 is 1.04 bits per heavy atom. The van der Waals surface area contributed by atoms with Gasteiger partial charge in [-0.1, -0.05) is 26.0 Å². The van der Waals surface area contributed by atoms with Crippen molar-refractivity contribution in [3.8, 4) is 0 Å². The van der Waals surface area contributed by atoms with Crippen LogP contribution in [0.1, 0.15) is 41.3 Å². The molecule has 26 heavy (non-hydrogen) atoms. The van der Waals surface area contributed by atoms with Crippen LogP contribution in [0.25, 0.3) is 0 Å². The van der Waals surface area contributed by atoms with Gasteiger partial charge in [-0.05, 0) is 53.4 Å². The second kappa shape index (κ2) is 8.63. The van der Waals surface area contributed by atoms with E-state index in [9.17, 15) is 4.79 Å². The van der Waals surface area contributed by atoms with Gasteiger partial charge in [0, 0.05) is 30.0 Å². The minimum atomic E-state index is -0.146. The van der Waals surface area contributed by atoms with E-state index >= 15 is 0 Å². The topological polar surface area (TPSA) is 54.9 Å². The van der Waals surface area contributed by atoms with Crippen molar-refractivity contribution >= 4 is 23.4 Å². The molecule has 0 fully saturated rings. The number of carbonyl (C=O) groups excluding carboxylic acids is 1. The molecule has 4 nitrogen and oxygen atoms in total. The van der Waals surface area contributed by atoms with Gasteiger partial charge in [0.25, 0.3) is 5.91 Å². The third-order valence-electron chi connectivity index (χ3n) is 3.98. The largest absolute Gasteiger partial charge is 0.322 e. The minimum Gasteiger partial charge on any atom is -0.322 e. The van der Waals surface area contributed by atoms with Crippen LogP contribution in [0, 0.1) is 0 Å². The van der Waals surface area contributed by atoms with E-state index in [1.165, 1.54) is 5.56 Å². The molecule has 0 saturated carbocycles. The van der Waals surface area contributed by atoms with E-state index < -0.39 is 0 Å². The molecule has 1 N–H and O–H groups in total. The van der Waals surface area contributed by atoms with Gasteiger partial charge in [0.1, 0.15) is 5.03 Å². The number of carbonyl (C=O) groups is 1. The van der Waals surface area contributed by atoms with Gasteiger partial charge in [0.2, 0.25) is 0 Å². The minimum absolute atomic E-state index is 0.146. The maximum Gasteiger partial charge on any atom is 0.258 e. The standard InChI is InChI=1S/C21H21N3OS/c1-15(2)17-5-7-18(8-6-17)24-20(25)19-4-3-11-23-21(19)26-14-16-9-12-22-13-10-16/h3-13,15H,14H2,1-2H3,(H,24,25). The monoisotopic (exact) mass is 363 g/mol. The summed E-state index contributed by atoms with van der Waals surface area (Å²) in [6, 6.07) is 15.5. The zero-order valence-corrected chi connectivity index (χ0v) is 15.7. The first-order chi connectivity index (χ1) is 12.6. The number of rotatable bonds is 6. The van der Waals surface area contributed by atoms with Crippen molar-refractivity contribution in [1.82, 2.24) is 9.97 Å². The number of hydrogen-bond donors (Lipinski definition) is 1. The molecule has 5 heteroatoms. The van der Waals surface area contributed by atoms with Crippen LogP contribution in [0.4, 0.5) is 5.69 Å².